The Labute approximate surface area is 119 Å². The molecule has 0 unspecified atom stereocenters. The third kappa shape index (κ3) is 2.77. The van der Waals surface area contributed by atoms with E-state index in [9.17, 15) is 9.18 Å². The van der Waals surface area contributed by atoms with Crippen molar-refractivity contribution in [2.24, 2.45) is 5.92 Å². The number of carbonyl (C=O) groups excluding carboxylic acids is 1. The predicted octanol–water partition coefficient (Wildman–Crippen LogP) is 4.59. The smallest absolute Gasteiger partial charge is 0.341 e. The monoisotopic (exact) mass is 276 g/mol. The third-order valence-electron chi connectivity index (χ3n) is 4.25. The van der Waals surface area contributed by atoms with Gasteiger partial charge in [-0.2, -0.15) is 0 Å². The predicted molar refractivity (Wildman–Crippen MR) is 77.9 cm³/mol. The Hall–Kier alpha value is -1.64. The zero-order chi connectivity index (χ0) is 14.8. The Kier molecular flexibility index (Phi) is 4.26. The topological polar surface area (TPSA) is 26.3 Å². The first-order chi connectivity index (χ1) is 9.48. The van der Waals surface area contributed by atoms with Gasteiger partial charge in [0.2, 0.25) is 0 Å². The van der Waals surface area contributed by atoms with Crippen LogP contribution in [0.15, 0.2) is 24.8 Å². The number of hydrogen-bond acceptors (Lipinski definition) is 2. The van der Waals surface area contributed by atoms with Crippen LogP contribution in [0.4, 0.5) is 4.39 Å². The molecule has 0 spiro atoms. The largest absolute Gasteiger partial charge is 0.455 e. The summed E-state index contributed by atoms with van der Waals surface area (Å²) in [6, 6.07) is 4.45. The molecule has 1 aliphatic carbocycles. The number of hydrogen-bond donors (Lipinski definition) is 0. The number of ether oxygens (including phenoxy) is 1. The molecule has 1 saturated carbocycles. The fourth-order valence-electron chi connectivity index (χ4n) is 2.83. The Morgan fingerprint density at radius 1 is 1.40 bits per heavy atom. The summed E-state index contributed by atoms with van der Waals surface area (Å²) in [5.74, 6) is -0.873. The van der Waals surface area contributed by atoms with Crippen LogP contribution in [0, 0.1) is 11.7 Å². The van der Waals surface area contributed by atoms with E-state index < -0.39 is 17.4 Å². The van der Waals surface area contributed by atoms with Gasteiger partial charge in [-0.05, 0) is 49.3 Å². The maximum Gasteiger partial charge on any atom is 0.341 e. The lowest BCUT2D eigenvalue weighted by Gasteiger charge is -2.33. The zero-order valence-electron chi connectivity index (χ0n) is 12.1. The molecular weight excluding hydrogens is 255 g/mol. The van der Waals surface area contributed by atoms with Crippen LogP contribution in [0.2, 0.25) is 0 Å². The average molecular weight is 276 g/mol. The maximum atomic E-state index is 13.9. The van der Waals surface area contributed by atoms with E-state index in [1.54, 1.807) is 12.1 Å². The van der Waals surface area contributed by atoms with Crippen LogP contribution in [0.5, 0.6) is 0 Å². The van der Waals surface area contributed by atoms with Crippen LogP contribution >= 0.6 is 0 Å². The molecule has 1 fully saturated rings. The quantitative estimate of drug-likeness (QED) is 0.751. The van der Waals surface area contributed by atoms with Crippen molar-refractivity contribution in [1.82, 2.24) is 0 Å². The van der Waals surface area contributed by atoms with E-state index in [4.69, 9.17) is 4.74 Å². The lowest BCUT2D eigenvalue weighted by Crippen LogP contribution is -2.37. The van der Waals surface area contributed by atoms with Crippen molar-refractivity contribution in [3.8, 4) is 0 Å². The number of benzene rings is 1. The van der Waals surface area contributed by atoms with E-state index in [0.717, 1.165) is 25.7 Å². The van der Waals surface area contributed by atoms with Crippen molar-refractivity contribution < 1.29 is 13.9 Å². The Morgan fingerprint density at radius 2 is 2.05 bits per heavy atom. The molecule has 108 valence electrons. The molecular formula is C17H21FO2. The van der Waals surface area contributed by atoms with Gasteiger partial charge < -0.3 is 4.74 Å². The molecule has 0 radical (unpaired) electrons. The Morgan fingerprint density at radius 3 is 2.55 bits per heavy atom. The van der Waals surface area contributed by atoms with Crippen LogP contribution in [-0.2, 0) is 4.74 Å². The van der Waals surface area contributed by atoms with Crippen LogP contribution < -0.4 is 0 Å². The van der Waals surface area contributed by atoms with Gasteiger partial charge in [0.1, 0.15) is 11.4 Å². The summed E-state index contributed by atoms with van der Waals surface area (Å²) in [4.78, 5) is 12.2. The molecule has 0 aromatic heterocycles. The van der Waals surface area contributed by atoms with Gasteiger partial charge in [-0.15, -0.1) is 0 Å². The molecule has 2 nitrogen and oxygen atoms in total. The van der Waals surface area contributed by atoms with Crippen molar-refractivity contribution in [2.45, 2.75) is 45.1 Å². The van der Waals surface area contributed by atoms with E-state index in [-0.39, 0.29) is 11.5 Å². The van der Waals surface area contributed by atoms with Crippen LogP contribution in [-0.4, -0.2) is 11.6 Å². The normalized spacial score (nSPS) is 17.2. The Balaban J connectivity index is 2.21. The van der Waals surface area contributed by atoms with Gasteiger partial charge in [-0.1, -0.05) is 32.6 Å². The molecule has 0 amide bonds. The van der Waals surface area contributed by atoms with Gasteiger partial charge in [0, 0.05) is 0 Å². The van der Waals surface area contributed by atoms with Gasteiger partial charge >= 0.3 is 5.97 Å². The van der Waals surface area contributed by atoms with Crippen molar-refractivity contribution in [2.75, 3.05) is 0 Å². The first kappa shape index (κ1) is 14.8. The second-order valence-electron chi connectivity index (χ2n) is 5.76. The van der Waals surface area contributed by atoms with Crippen LogP contribution in [0.3, 0.4) is 0 Å². The lowest BCUT2D eigenvalue weighted by molar-refractivity contribution is -0.0401. The van der Waals surface area contributed by atoms with Crippen molar-refractivity contribution in [3.63, 3.8) is 0 Å². The summed E-state index contributed by atoms with van der Waals surface area (Å²) < 4.78 is 19.6. The van der Waals surface area contributed by atoms with Gasteiger partial charge in [0.15, 0.2) is 0 Å². The van der Waals surface area contributed by atoms with Crippen LogP contribution in [0.25, 0.3) is 6.08 Å². The first-order valence-corrected chi connectivity index (χ1v) is 7.14. The molecule has 0 atom stereocenters. The fraction of sp³-hybridized carbons (Fsp3) is 0.471. The van der Waals surface area contributed by atoms with E-state index in [1.165, 1.54) is 12.1 Å². The maximum absolute atomic E-state index is 13.9. The number of carbonyl (C=O) groups is 1. The molecule has 0 heterocycles. The van der Waals surface area contributed by atoms with E-state index in [1.807, 2.05) is 0 Å². The zero-order valence-corrected chi connectivity index (χ0v) is 12.1. The minimum absolute atomic E-state index is 0.00234. The van der Waals surface area contributed by atoms with Crippen molar-refractivity contribution in [3.05, 3.63) is 41.7 Å². The lowest BCUT2D eigenvalue weighted by atomic mass is 9.88. The standard InChI is InChI=1S/C17H21FO2/c1-4-13-7-8-14(15(18)11-13)16(19)20-17(12(2)3)9-5-6-10-17/h4,7-8,11-12H,1,5-6,9-10H2,2-3H3. The highest BCUT2D eigenvalue weighted by atomic mass is 19.1. The van der Waals surface area contributed by atoms with E-state index in [0.29, 0.717) is 5.56 Å². The van der Waals surface area contributed by atoms with Crippen molar-refractivity contribution in [1.29, 1.82) is 0 Å². The minimum Gasteiger partial charge on any atom is -0.455 e. The number of esters is 1. The van der Waals surface area contributed by atoms with E-state index in [2.05, 4.69) is 20.4 Å². The van der Waals surface area contributed by atoms with Gasteiger partial charge in [0.05, 0.1) is 5.56 Å². The summed E-state index contributed by atoms with van der Waals surface area (Å²) in [6.45, 7) is 7.68. The summed E-state index contributed by atoms with van der Waals surface area (Å²) in [7, 11) is 0. The molecule has 3 heteroatoms. The highest BCUT2D eigenvalue weighted by Gasteiger charge is 2.41. The summed E-state index contributed by atoms with van der Waals surface area (Å²) in [6.07, 6.45) is 5.39. The molecule has 20 heavy (non-hydrogen) atoms. The first-order valence-electron chi connectivity index (χ1n) is 7.14. The van der Waals surface area contributed by atoms with Crippen molar-refractivity contribution >= 4 is 12.0 Å². The second-order valence-corrected chi connectivity index (χ2v) is 5.76. The highest BCUT2D eigenvalue weighted by Crippen LogP contribution is 2.39. The average Bonchev–Trinajstić information content (AvgIpc) is 2.88. The molecule has 0 N–H and O–H groups in total. The third-order valence-corrected chi connectivity index (χ3v) is 4.25. The fourth-order valence-corrected chi connectivity index (χ4v) is 2.83. The van der Waals surface area contributed by atoms with E-state index >= 15 is 0 Å². The molecule has 0 saturated heterocycles. The second kappa shape index (κ2) is 5.78. The SMILES string of the molecule is C=Cc1ccc(C(=O)OC2(C(C)C)CCCC2)c(F)c1. The minimum atomic E-state index is -0.561. The summed E-state index contributed by atoms with van der Waals surface area (Å²) in [5, 5.41) is 0. The molecule has 1 aliphatic rings. The summed E-state index contributed by atoms with van der Waals surface area (Å²) in [5.41, 5.74) is 0.224. The van der Waals surface area contributed by atoms with Crippen LogP contribution in [0.1, 0.15) is 55.5 Å². The van der Waals surface area contributed by atoms with Gasteiger partial charge in [-0.3, -0.25) is 0 Å². The molecule has 0 aliphatic heterocycles. The van der Waals surface area contributed by atoms with Gasteiger partial charge in [-0.25, -0.2) is 9.18 Å². The number of rotatable bonds is 4. The Bertz CT molecular complexity index is 514. The highest BCUT2D eigenvalue weighted by molar-refractivity contribution is 5.90. The summed E-state index contributed by atoms with van der Waals surface area (Å²) >= 11 is 0. The number of halogens is 1. The molecule has 0 bridgehead atoms. The van der Waals surface area contributed by atoms with Gasteiger partial charge in [0.25, 0.3) is 0 Å². The molecule has 2 rings (SSSR count). The molecule has 1 aromatic carbocycles. The molecule has 1 aromatic rings.